The van der Waals surface area contributed by atoms with E-state index in [2.05, 4.69) is 22.1 Å². The molecule has 3 rings (SSSR count). The van der Waals surface area contributed by atoms with Crippen LogP contribution in [0.25, 0.3) is 0 Å². The van der Waals surface area contributed by atoms with Gasteiger partial charge in [0.15, 0.2) is 0 Å². The monoisotopic (exact) mass is 385 g/mol. The molecule has 0 bridgehead atoms. The molecule has 0 aromatic carbocycles. The lowest BCUT2D eigenvalue weighted by atomic mass is 9.96. The molecule has 1 amide bonds. The second-order valence-electron chi connectivity index (χ2n) is 5.83. The Hall–Kier alpha value is -1.59. The van der Waals surface area contributed by atoms with Crippen molar-refractivity contribution in [3.05, 3.63) is 12.7 Å². The van der Waals surface area contributed by atoms with Crippen LogP contribution in [0.3, 0.4) is 0 Å². The van der Waals surface area contributed by atoms with Gasteiger partial charge in [-0.2, -0.15) is 0 Å². The van der Waals surface area contributed by atoms with Crippen molar-refractivity contribution in [1.82, 2.24) is 25.1 Å². The minimum Gasteiger partial charge on any atom is -0.460 e. The molecular formula is C14H19N5O4S2. The average Bonchev–Trinajstić information content (AvgIpc) is 3.16. The third-order valence-corrected chi connectivity index (χ3v) is 7.03. The van der Waals surface area contributed by atoms with Gasteiger partial charge in [0, 0.05) is 19.3 Å². The highest BCUT2D eigenvalue weighted by molar-refractivity contribution is 8.02. The van der Waals surface area contributed by atoms with Crippen LogP contribution in [0, 0.1) is 5.92 Å². The first-order valence-electron chi connectivity index (χ1n) is 7.75. The van der Waals surface area contributed by atoms with Gasteiger partial charge in [0.25, 0.3) is 0 Å². The Morgan fingerprint density at radius 1 is 1.64 bits per heavy atom. The molecular weight excluding hydrogens is 366 g/mol. The van der Waals surface area contributed by atoms with Gasteiger partial charge in [-0.25, -0.2) is 4.68 Å². The van der Waals surface area contributed by atoms with E-state index in [1.54, 1.807) is 16.6 Å². The van der Waals surface area contributed by atoms with Crippen molar-refractivity contribution in [2.45, 2.75) is 21.7 Å². The number of thioether (sulfide) groups is 2. The van der Waals surface area contributed by atoms with Crippen LogP contribution in [0.5, 0.6) is 0 Å². The lowest BCUT2D eigenvalue weighted by molar-refractivity contribution is -0.153. The topological polar surface area (TPSA) is 110 Å². The van der Waals surface area contributed by atoms with Gasteiger partial charge in [-0.05, 0) is 16.8 Å². The van der Waals surface area contributed by atoms with E-state index in [4.69, 9.17) is 4.74 Å². The molecule has 0 saturated carbocycles. The molecule has 2 aliphatic rings. The normalized spacial score (nSPS) is 27.8. The van der Waals surface area contributed by atoms with Gasteiger partial charge in [-0.1, -0.05) is 24.4 Å². The maximum absolute atomic E-state index is 12.7. The lowest BCUT2D eigenvalue weighted by Gasteiger charge is -2.40. The van der Waals surface area contributed by atoms with Crippen molar-refractivity contribution in [2.24, 2.45) is 13.0 Å². The second kappa shape index (κ2) is 7.34. The Kier molecular flexibility index (Phi) is 5.35. The van der Waals surface area contributed by atoms with Crippen molar-refractivity contribution in [3.63, 3.8) is 0 Å². The number of fused-ring (bicyclic) bond motifs is 1. The molecule has 0 aliphatic carbocycles. The highest BCUT2D eigenvalue weighted by Crippen LogP contribution is 2.51. The van der Waals surface area contributed by atoms with Crippen LogP contribution in [-0.4, -0.2) is 77.7 Å². The van der Waals surface area contributed by atoms with Gasteiger partial charge < -0.3 is 14.7 Å². The first-order valence-corrected chi connectivity index (χ1v) is 9.61. The average molecular weight is 385 g/mol. The van der Waals surface area contributed by atoms with E-state index in [0.717, 1.165) is 0 Å². The van der Waals surface area contributed by atoms with Gasteiger partial charge in [0.1, 0.15) is 11.4 Å². The molecule has 3 atom stereocenters. The number of aromatic nitrogens is 4. The molecule has 0 radical (unpaired) electrons. The number of nitrogens with zero attached hydrogens (tertiary/aromatic N) is 5. The summed E-state index contributed by atoms with van der Waals surface area (Å²) in [6.45, 7) is 3.78. The standard InChI is InChI=1S/C14H19N5O4S2/c1-3-5-23-12(22)14(4-6-24-13-15-16-17-18(13)2)8-19-10(21)9(7-20)11(19)25-14/h3,9,11,20H,1,4-8H2,2H3/t9-,11+,14?/m0/s1. The van der Waals surface area contributed by atoms with Crippen LogP contribution in [0.1, 0.15) is 6.42 Å². The van der Waals surface area contributed by atoms with Crippen LogP contribution < -0.4 is 0 Å². The molecule has 2 aliphatic heterocycles. The maximum Gasteiger partial charge on any atom is 0.324 e. The molecule has 2 saturated heterocycles. The number of carbonyl (C=O) groups is 2. The number of hydrogen-bond donors (Lipinski definition) is 1. The number of hydrogen-bond acceptors (Lipinski definition) is 9. The van der Waals surface area contributed by atoms with Crippen molar-refractivity contribution in [1.29, 1.82) is 0 Å². The summed E-state index contributed by atoms with van der Waals surface area (Å²) in [6.07, 6.45) is 2.02. The molecule has 1 aromatic rings. The van der Waals surface area contributed by atoms with E-state index in [1.807, 2.05) is 0 Å². The number of aliphatic hydroxyl groups excluding tert-OH is 1. The number of ether oxygens (including phenoxy) is 1. The number of esters is 1. The summed E-state index contributed by atoms with van der Waals surface area (Å²) >= 11 is 2.85. The van der Waals surface area contributed by atoms with E-state index in [9.17, 15) is 14.7 Å². The zero-order valence-corrected chi connectivity index (χ0v) is 15.3. The second-order valence-corrected chi connectivity index (χ2v) is 8.39. The Morgan fingerprint density at radius 3 is 3.08 bits per heavy atom. The lowest BCUT2D eigenvalue weighted by Crippen LogP contribution is -2.58. The van der Waals surface area contributed by atoms with Gasteiger partial charge in [-0.3, -0.25) is 9.59 Å². The number of rotatable bonds is 8. The Morgan fingerprint density at radius 2 is 2.44 bits per heavy atom. The summed E-state index contributed by atoms with van der Waals surface area (Å²) < 4.78 is 6.01. The van der Waals surface area contributed by atoms with E-state index in [0.29, 0.717) is 23.9 Å². The zero-order chi connectivity index (χ0) is 18.0. The summed E-state index contributed by atoms with van der Waals surface area (Å²) in [5.74, 6) is -0.297. The Bertz CT molecular complexity index is 684. The summed E-state index contributed by atoms with van der Waals surface area (Å²) in [6, 6.07) is 0. The van der Waals surface area contributed by atoms with Crippen LogP contribution >= 0.6 is 23.5 Å². The summed E-state index contributed by atoms with van der Waals surface area (Å²) in [5, 5.41) is 21.1. The molecule has 1 unspecified atom stereocenters. The molecule has 3 heterocycles. The van der Waals surface area contributed by atoms with E-state index < -0.39 is 10.7 Å². The third kappa shape index (κ3) is 3.27. The highest BCUT2D eigenvalue weighted by Gasteiger charge is 2.61. The predicted octanol–water partition coefficient (Wildman–Crippen LogP) is -0.316. The minimum absolute atomic E-state index is 0.108. The van der Waals surface area contributed by atoms with Gasteiger partial charge in [0.05, 0.1) is 17.9 Å². The fourth-order valence-corrected chi connectivity index (χ4v) is 5.69. The molecule has 1 N–H and O–H groups in total. The van der Waals surface area contributed by atoms with Gasteiger partial charge in [-0.15, -0.1) is 16.9 Å². The Balaban J connectivity index is 1.70. The smallest absolute Gasteiger partial charge is 0.324 e. The zero-order valence-electron chi connectivity index (χ0n) is 13.7. The predicted molar refractivity (Wildman–Crippen MR) is 91.7 cm³/mol. The van der Waals surface area contributed by atoms with Crippen LogP contribution in [0.2, 0.25) is 0 Å². The first-order chi connectivity index (χ1) is 12.0. The van der Waals surface area contributed by atoms with Crippen LogP contribution in [-0.2, 0) is 21.4 Å². The fourth-order valence-electron chi connectivity index (χ4n) is 2.89. The van der Waals surface area contributed by atoms with E-state index >= 15 is 0 Å². The molecule has 11 heteroatoms. The summed E-state index contributed by atoms with van der Waals surface area (Å²) in [7, 11) is 1.75. The summed E-state index contributed by atoms with van der Waals surface area (Å²) in [4.78, 5) is 26.4. The van der Waals surface area contributed by atoms with Gasteiger partial charge >= 0.3 is 5.97 Å². The number of aryl methyl sites for hydroxylation is 1. The largest absolute Gasteiger partial charge is 0.460 e. The maximum atomic E-state index is 12.7. The number of aliphatic hydroxyl groups is 1. The van der Waals surface area contributed by atoms with Crippen molar-refractivity contribution >= 4 is 35.4 Å². The first kappa shape index (κ1) is 18.2. The molecule has 0 spiro atoms. The van der Waals surface area contributed by atoms with Crippen molar-refractivity contribution < 1.29 is 19.4 Å². The highest BCUT2D eigenvalue weighted by atomic mass is 32.2. The van der Waals surface area contributed by atoms with E-state index in [-0.39, 0.29) is 30.5 Å². The molecule has 1 aromatic heterocycles. The molecule has 2 fully saturated rings. The number of β-lactam (4-membered cyclic amide) rings is 1. The van der Waals surface area contributed by atoms with E-state index in [1.165, 1.54) is 29.6 Å². The molecule has 9 nitrogen and oxygen atoms in total. The third-order valence-electron chi connectivity index (χ3n) is 4.24. The van der Waals surface area contributed by atoms with Crippen molar-refractivity contribution in [3.8, 4) is 0 Å². The Labute approximate surface area is 153 Å². The number of amides is 1. The fraction of sp³-hybridized carbons (Fsp3) is 0.643. The number of carbonyl (C=O) groups excluding carboxylic acids is 2. The molecule has 136 valence electrons. The molecule has 25 heavy (non-hydrogen) atoms. The SMILES string of the molecule is C=CCOC(=O)C1(CCSc2nnnn2C)CN2C(=O)[C@H](CO)[C@H]2S1. The van der Waals surface area contributed by atoms with Crippen molar-refractivity contribution in [2.75, 3.05) is 25.5 Å². The van der Waals surface area contributed by atoms with Gasteiger partial charge in [0.2, 0.25) is 11.1 Å². The quantitative estimate of drug-likeness (QED) is 0.279. The van der Waals surface area contributed by atoms with Crippen LogP contribution in [0.15, 0.2) is 17.8 Å². The number of tetrazole rings is 1. The summed E-state index contributed by atoms with van der Waals surface area (Å²) in [5.41, 5.74) is 0. The van der Waals surface area contributed by atoms with Crippen LogP contribution in [0.4, 0.5) is 0 Å². The minimum atomic E-state index is -0.841.